The van der Waals surface area contributed by atoms with Gasteiger partial charge in [0, 0.05) is 55.2 Å². The predicted octanol–water partition coefficient (Wildman–Crippen LogP) is 3.41. The number of halogens is 1. The molecule has 0 unspecified atom stereocenters. The minimum absolute atomic E-state index is 0.604. The largest absolute Gasteiger partial charge is 0.338 e. The second-order valence-electron chi connectivity index (χ2n) is 6.82. The molecule has 0 bridgehead atoms. The number of pyridine rings is 1. The van der Waals surface area contributed by atoms with Gasteiger partial charge in [-0.15, -0.1) is 0 Å². The molecule has 0 amide bonds. The highest BCUT2D eigenvalue weighted by atomic mass is 35.5. The van der Waals surface area contributed by atoms with E-state index in [2.05, 4.69) is 37.9 Å². The lowest BCUT2D eigenvalue weighted by Crippen LogP contribution is -2.45. The zero-order valence-corrected chi connectivity index (χ0v) is 16.1. The highest BCUT2D eigenvalue weighted by Gasteiger charge is 2.20. The van der Waals surface area contributed by atoms with Crippen molar-refractivity contribution in [1.29, 1.82) is 0 Å². The zero-order chi connectivity index (χ0) is 18.6. The Kier molecular flexibility index (Phi) is 5.48. The van der Waals surface area contributed by atoms with Gasteiger partial charge in [0.25, 0.3) is 0 Å². The molecule has 0 saturated carbocycles. The highest BCUT2D eigenvalue weighted by Crippen LogP contribution is 2.19. The zero-order valence-electron chi connectivity index (χ0n) is 15.3. The molecule has 0 atom stereocenters. The smallest absolute Gasteiger partial charge is 0.241 e. The normalized spacial score (nSPS) is 15.9. The van der Waals surface area contributed by atoms with Crippen LogP contribution in [0.15, 0.2) is 47.1 Å². The Morgan fingerprint density at radius 2 is 1.70 bits per heavy atom. The summed E-state index contributed by atoms with van der Waals surface area (Å²) in [6, 6.07) is 11.6. The maximum atomic E-state index is 5.93. The molecule has 1 aliphatic heterocycles. The quantitative estimate of drug-likeness (QED) is 0.673. The van der Waals surface area contributed by atoms with Crippen molar-refractivity contribution in [3.05, 3.63) is 64.8 Å². The minimum Gasteiger partial charge on any atom is -0.338 e. The number of hydrogen-bond donors (Lipinski definition) is 0. The summed E-state index contributed by atoms with van der Waals surface area (Å²) in [6.07, 6.45) is 1.85. The molecule has 1 fully saturated rings. The van der Waals surface area contributed by atoms with Crippen molar-refractivity contribution >= 4 is 11.6 Å². The molecule has 0 spiro atoms. The maximum absolute atomic E-state index is 5.93. The third-order valence-corrected chi connectivity index (χ3v) is 5.16. The van der Waals surface area contributed by atoms with Crippen LogP contribution >= 0.6 is 11.6 Å². The van der Waals surface area contributed by atoms with Crippen molar-refractivity contribution in [1.82, 2.24) is 24.9 Å². The van der Waals surface area contributed by atoms with E-state index in [1.165, 1.54) is 5.56 Å². The third kappa shape index (κ3) is 4.53. The summed E-state index contributed by atoms with van der Waals surface area (Å²) in [6.45, 7) is 7.71. The van der Waals surface area contributed by atoms with Crippen LogP contribution in [-0.2, 0) is 13.1 Å². The van der Waals surface area contributed by atoms with Crippen molar-refractivity contribution in [2.45, 2.75) is 20.0 Å². The lowest BCUT2D eigenvalue weighted by atomic mass is 10.2. The Morgan fingerprint density at radius 3 is 2.41 bits per heavy atom. The number of piperazine rings is 1. The molecular formula is C20H22ClN5O. The fourth-order valence-electron chi connectivity index (χ4n) is 3.26. The van der Waals surface area contributed by atoms with Gasteiger partial charge in [0.05, 0.1) is 6.54 Å². The van der Waals surface area contributed by atoms with Gasteiger partial charge in [-0.05, 0) is 42.8 Å². The average molecular weight is 384 g/mol. The van der Waals surface area contributed by atoms with E-state index < -0.39 is 0 Å². The molecule has 2 aromatic heterocycles. The van der Waals surface area contributed by atoms with Gasteiger partial charge in [-0.2, -0.15) is 4.98 Å². The molecule has 1 aromatic carbocycles. The fourth-order valence-corrected chi connectivity index (χ4v) is 3.38. The number of nitrogens with zero attached hydrogens (tertiary/aromatic N) is 5. The van der Waals surface area contributed by atoms with Gasteiger partial charge in [0.15, 0.2) is 0 Å². The molecule has 1 saturated heterocycles. The van der Waals surface area contributed by atoms with Gasteiger partial charge in [-0.25, -0.2) is 0 Å². The van der Waals surface area contributed by atoms with Crippen molar-refractivity contribution in [2.24, 2.45) is 0 Å². The molecular weight excluding hydrogens is 362 g/mol. The Bertz CT molecular complexity index is 887. The van der Waals surface area contributed by atoms with E-state index in [4.69, 9.17) is 16.1 Å². The molecule has 6 nitrogen and oxygen atoms in total. The van der Waals surface area contributed by atoms with Crippen molar-refractivity contribution < 1.29 is 4.52 Å². The van der Waals surface area contributed by atoms with Crippen molar-refractivity contribution in [3.63, 3.8) is 0 Å². The summed E-state index contributed by atoms with van der Waals surface area (Å²) in [5, 5.41) is 4.78. The van der Waals surface area contributed by atoms with E-state index >= 15 is 0 Å². The summed E-state index contributed by atoms with van der Waals surface area (Å²) in [7, 11) is 0. The van der Waals surface area contributed by atoms with Gasteiger partial charge in [-0.1, -0.05) is 22.8 Å². The van der Waals surface area contributed by atoms with Crippen LogP contribution in [-0.4, -0.2) is 51.1 Å². The first-order valence-electron chi connectivity index (χ1n) is 9.11. The summed E-state index contributed by atoms with van der Waals surface area (Å²) in [5.74, 6) is 1.25. The van der Waals surface area contributed by atoms with Gasteiger partial charge in [0.2, 0.25) is 11.7 Å². The topological polar surface area (TPSA) is 58.3 Å². The molecule has 0 N–H and O–H groups in total. The van der Waals surface area contributed by atoms with E-state index in [1.807, 2.05) is 36.5 Å². The van der Waals surface area contributed by atoms with Gasteiger partial charge >= 0.3 is 0 Å². The molecule has 7 heteroatoms. The van der Waals surface area contributed by atoms with E-state index in [1.54, 1.807) is 0 Å². The molecule has 0 aliphatic carbocycles. The van der Waals surface area contributed by atoms with Crippen LogP contribution < -0.4 is 0 Å². The van der Waals surface area contributed by atoms with Crippen molar-refractivity contribution in [2.75, 3.05) is 26.2 Å². The van der Waals surface area contributed by atoms with Crippen LogP contribution in [0.3, 0.4) is 0 Å². The number of benzene rings is 1. The Morgan fingerprint density at radius 1 is 1.00 bits per heavy atom. The molecule has 3 heterocycles. The van der Waals surface area contributed by atoms with E-state index in [0.29, 0.717) is 23.3 Å². The number of aryl methyl sites for hydroxylation is 1. The van der Waals surface area contributed by atoms with Crippen LogP contribution in [0.5, 0.6) is 0 Å². The second-order valence-corrected chi connectivity index (χ2v) is 7.26. The molecule has 140 valence electrons. The molecule has 3 aromatic rings. The third-order valence-electron chi connectivity index (χ3n) is 4.90. The SMILES string of the molecule is Cc1ncccc1CN1CCN(Cc2nc(-c3ccc(Cl)cc3)no2)CC1. The first kappa shape index (κ1) is 18.1. The van der Waals surface area contributed by atoms with Crippen LogP contribution in [0.4, 0.5) is 0 Å². The molecule has 4 rings (SSSR count). The van der Waals surface area contributed by atoms with Gasteiger partial charge < -0.3 is 4.52 Å². The Labute approximate surface area is 163 Å². The summed E-state index contributed by atoms with van der Waals surface area (Å²) >= 11 is 5.93. The van der Waals surface area contributed by atoms with Crippen LogP contribution in [0.25, 0.3) is 11.4 Å². The highest BCUT2D eigenvalue weighted by molar-refractivity contribution is 6.30. The van der Waals surface area contributed by atoms with Gasteiger partial charge in [-0.3, -0.25) is 14.8 Å². The molecule has 1 aliphatic rings. The first-order chi connectivity index (χ1) is 13.2. The van der Waals surface area contributed by atoms with Crippen LogP contribution in [0.1, 0.15) is 17.1 Å². The first-order valence-corrected chi connectivity index (χ1v) is 9.49. The van der Waals surface area contributed by atoms with Crippen LogP contribution in [0, 0.1) is 6.92 Å². The second kappa shape index (κ2) is 8.17. The fraction of sp³-hybridized carbons (Fsp3) is 0.350. The lowest BCUT2D eigenvalue weighted by molar-refractivity contribution is 0.112. The summed E-state index contributed by atoms with van der Waals surface area (Å²) in [4.78, 5) is 13.7. The Balaban J connectivity index is 1.31. The standard InChI is InChI=1S/C20H22ClN5O/c1-15-17(3-2-8-22-15)13-25-9-11-26(12-10-25)14-19-23-20(24-27-19)16-4-6-18(21)7-5-16/h2-8H,9-14H2,1H3. The number of hydrogen-bond acceptors (Lipinski definition) is 6. The minimum atomic E-state index is 0.604. The van der Waals surface area contributed by atoms with Crippen LogP contribution in [0.2, 0.25) is 5.02 Å². The molecule has 27 heavy (non-hydrogen) atoms. The number of aromatic nitrogens is 3. The summed E-state index contributed by atoms with van der Waals surface area (Å²) in [5.41, 5.74) is 3.32. The Hall–Kier alpha value is -2.28. The monoisotopic (exact) mass is 383 g/mol. The molecule has 0 radical (unpaired) electrons. The predicted molar refractivity (Wildman–Crippen MR) is 104 cm³/mol. The maximum Gasteiger partial charge on any atom is 0.241 e. The van der Waals surface area contributed by atoms with E-state index in [9.17, 15) is 0 Å². The summed E-state index contributed by atoms with van der Waals surface area (Å²) < 4.78 is 5.43. The average Bonchev–Trinajstić information content (AvgIpc) is 3.14. The van der Waals surface area contributed by atoms with E-state index in [0.717, 1.165) is 44.0 Å². The van der Waals surface area contributed by atoms with Gasteiger partial charge in [0.1, 0.15) is 0 Å². The number of rotatable bonds is 5. The van der Waals surface area contributed by atoms with E-state index in [-0.39, 0.29) is 0 Å². The lowest BCUT2D eigenvalue weighted by Gasteiger charge is -2.34. The van der Waals surface area contributed by atoms with Crippen molar-refractivity contribution in [3.8, 4) is 11.4 Å².